The van der Waals surface area contributed by atoms with Crippen LogP contribution in [-0.4, -0.2) is 28.9 Å². The number of hydrogen-bond acceptors (Lipinski definition) is 3. The van der Waals surface area contributed by atoms with Gasteiger partial charge in [-0.25, -0.2) is 0 Å². The fourth-order valence-electron chi connectivity index (χ4n) is 3.82. The van der Waals surface area contributed by atoms with Gasteiger partial charge in [0.25, 0.3) is 0 Å². The van der Waals surface area contributed by atoms with Crippen LogP contribution in [-0.2, 0) is 17.8 Å². The van der Waals surface area contributed by atoms with Crippen LogP contribution in [0.1, 0.15) is 22.4 Å². The normalized spacial score (nSPS) is 14.1. The zero-order chi connectivity index (χ0) is 19.8. The van der Waals surface area contributed by atoms with E-state index in [4.69, 9.17) is 11.6 Å². The summed E-state index contributed by atoms with van der Waals surface area (Å²) in [4.78, 5) is 31.1. The maximum Gasteiger partial charge on any atom is 0.238 e. The number of carbonyl (C=O) groups excluding carboxylic acids is 1. The number of para-hydroxylation sites is 1. The molecule has 1 aliphatic rings. The van der Waals surface area contributed by atoms with Crippen molar-refractivity contribution in [1.29, 1.82) is 0 Å². The van der Waals surface area contributed by atoms with E-state index in [9.17, 15) is 9.59 Å². The highest BCUT2D eigenvalue weighted by atomic mass is 35.5. The third-order valence-corrected chi connectivity index (χ3v) is 5.67. The van der Waals surface area contributed by atoms with E-state index >= 15 is 0 Å². The monoisotopic (exact) mass is 395 g/mol. The van der Waals surface area contributed by atoms with E-state index in [2.05, 4.69) is 10.3 Å². The Morgan fingerprint density at radius 1 is 1.18 bits per heavy atom. The second kappa shape index (κ2) is 7.41. The van der Waals surface area contributed by atoms with Crippen molar-refractivity contribution in [2.24, 2.45) is 0 Å². The summed E-state index contributed by atoms with van der Waals surface area (Å²) < 4.78 is 0. The number of fused-ring (bicyclic) bond motifs is 2. The minimum Gasteiger partial charge on any atom is -0.358 e. The third kappa shape index (κ3) is 3.43. The number of anilines is 1. The molecule has 0 spiro atoms. The van der Waals surface area contributed by atoms with Gasteiger partial charge < -0.3 is 10.3 Å². The summed E-state index contributed by atoms with van der Waals surface area (Å²) >= 11 is 6.11. The molecule has 0 saturated heterocycles. The molecule has 28 heavy (non-hydrogen) atoms. The second-order valence-electron chi connectivity index (χ2n) is 7.35. The van der Waals surface area contributed by atoms with Gasteiger partial charge in [0.15, 0.2) is 5.43 Å². The van der Waals surface area contributed by atoms with Crippen LogP contribution < -0.4 is 10.7 Å². The van der Waals surface area contributed by atoms with Crippen LogP contribution in [0.15, 0.2) is 41.2 Å². The number of amides is 1. The number of nitrogens with one attached hydrogen (secondary N) is 2. The number of benzene rings is 2. The van der Waals surface area contributed by atoms with E-state index in [1.54, 1.807) is 12.1 Å². The first-order valence-electron chi connectivity index (χ1n) is 9.34. The maximum atomic E-state index is 13.1. The Morgan fingerprint density at radius 2 is 1.93 bits per heavy atom. The Hall–Kier alpha value is -2.63. The highest BCUT2D eigenvalue weighted by Gasteiger charge is 2.23. The number of halogens is 1. The molecule has 0 aliphatic carbocycles. The lowest BCUT2D eigenvalue weighted by atomic mass is 9.98. The van der Waals surface area contributed by atoms with E-state index in [-0.39, 0.29) is 17.9 Å². The number of H-pyrrole nitrogens is 1. The van der Waals surface area contributed by atoms with Gasteiger partial charge in [-0.05, 0) is 37.1 Å². The van der Waals surface area contributed by atoms with E-state index < -0.39 is 0 Å². The first kappa shape index (κ1) is 18.7. The topological polar surface area (TPSA) is 65.2 Å². The van der Waals surface area contributed by atoms with Crippen molar-refractivity contribution in [3.05, 3.63) is 74.0 Å². The molecular formula is C22H22ClN3O2. The predicted octanol–water partition coefficient (Wildman–Crippen LogP) is 3.80. The second-order valence-corrected chi connectivity index (χ2v) is 7.76. The Labute approximate surface area is 168 Å². The smallest absolute Gasteiger partial charge is 0.238 e. The third-order valence-electron chi connectivity index (χ3n) is 5.34. The molecular weight excluding hydrogens is 374 g/mol. The SMILES string of the molecule is Cc1ccc(C)c2c(=O)c3c([nH]c12)CCN(CC(=O)Nc1ccccc1Cl)C3. The Balaban J connectivity index is 1.57. The van der Waals surface area contributed by atoms with E-state index in [1.807, 2.05) is 43.0 Å². The minimum absolute atomic E-state index is 0.0705. The number of rotatable bonds is 3. The van der Waals surface area contributed by atoms with Crippen LogP contribution in [0.25, 0.3) is 10.9 Å². The molecule has 1 amide bonds. The number of aryl methyl sites for hydroxylation is 2. The standard InChI is InChI=1S/C22H22ClN3O2/c1-13-7-8-14(2)21-20(13)22(28)15-11-26(10-9-17(15)25-21)12-19(27)24-18-6-4-3-5-16(18)23/h3-8H,9-12H2,1-2H3,(H,24,27)(H,25,28). The maximum absolute atomic E-state index is 13.1. The van der Waals surface area contributed by atoms with Gasteiger partial charge in [-0.2, -0.15) is 0 Å². The van der Waals surface area contributed by atoms with E-state index in [1.165, 1.54) is 0 Å². The van der Waals surface area contributed by atoms with Gasteiger partial charge in [-0.1, -0.05) is 35.9 Å². The molecule has 0 fully saturated rings. The number of aromatic amines is 1. The molecule has 1 aliphatic heterocycles. The van der Waals surface area contributed by atoms with Gasteiger partial charge in [0.05, 0.1) is 22.8 Å². The van der Waals surface area contributed by atoms with Crippen LogP contribution in [0.2, 0.25) is 5.02 Å². The lowest BCUT2D eigenvalue weighted by Crippen LogP contribution is -2.39. The molecule has 6 heteroatoms. The fraction of sp³-hybridized carbons (Fsp3) is 0.273. The van der Waals surface area contributed by atoms with Crippen LogP contribution >= 0.6 is 11.6 Å². The van der Waals surface area contributed by atoms with Crippen LogP contribution in [0, 0.1) is 13.8 Å². The molecule has 2 N–H and O–H groups in total. The van der Waals surface area contributed by atoms with Gasteiger partial charge in [0.2, 0.25) is 5.91 Å². The lowest BCUT2D eigenvalue weighted by Gasteiger charge is -2.28. The summed E-state index contributed by atoms with van der Waals surface area (Å²) in [5, 5.41) is 4.10. The molecule has 2 aromatic carbocycles. The van der Waals surface area contributed by atoms with Crippen molar-refractivity contribution in [3.8, 4) is 0 Å². The highest BCUT2D eigenvalue weighted by molar-refractivity contribution is 6.33. The average Bonchev–Trinajstić information content (AvgIpc) is 2.67. The first-order chi connectivity index (χ1) is 13.4. The molecule has 5 nitrogen and oxygen atoms in total. The first-order valence-corrected chi connectivity index (χ1v) is 9.72. The number of carbonyl (C=O) groups is 1. The van der Waals surface area contributed by atoms with E-state index in [0.717, 1.165) is 39.8 Å². The molecule has 0 saturated carbocycles. The zero-order valence-corrected chi connectivity index (χ0v) is 16.7. The molecule has 3 aromatic rings. The van der Waals surface area contributed by atoms with Crippen molar-refractivity contribution in [3.63, 3.8) is 0 Å². The van der Waals surface area contributed by atoms with Gasteiger partial charge >= 0.3 is 0 Å². The average molecular weight is 396 g/mol. The molecule has 0 bridgehead atoms. The number of hydrogen-bond donors (Lipinski definition) is 2. The lowest BCUT2D eigenvalue weighted by molar-refractivity contribution is -0.117. The van der Waals surface area contributed by atoms with Crippen LogP contribution in [0.3, 0.4) is 0 Å². The summed E-state index contributed by atoms with van der Waals surface area (Å²) in [6.45, 7) is 5.37. The largest absolute Gasteiger partial charge is 0.358 e. The number of nitrogens with zero attached hydrogens (tertiary/aromatic N) is 1. The molecule has 4 rings (SSSR count). The van der Waals surface area contributed by atoms with Crippen molar-refractivity contribution >= 4 is 34.1 Å². The van der Waals surface area contributed by atoms with Crippen molar-refractivity contribution in [2.75, 3.05) is 18.4 Å². The summed E-state index contributed by atoms with van der Waals surface area (Å²) in [5.74, 6) is -0.138. The summed E-state index contributed by atoms with van der Waals surface area (Å²) in [6.07, 6.45) is 0.716. The highest BCUT2D eigenvalue weighted by Crippen LogP contribution is 2.23. The van der Waals surface area contributed by atoms with Gasteiger partial charge in [-0.15, -0.1) is 0 Å². The van der Waals surface area contributed by atoms with Gasteiger partial charge in [0, 0.05) is 36.2 Å². The van der Waals surface area contributed by atoms with Crippen molar-refractivity contribution in [1.82, 2.24) is 9.88 Å². The predicted molar refractivity (Wildman–Crippen MR) is 113 cm³/mol. The Morgan fingerprint density at radius 3 is 2.71 bits per heavy atom. The van der Waals surface area contributed by atoms with Crippen LogP contribution in [0.5, 0.6) is 0 Å². The molecule has 0 unspecified atom stereocenters. The Kier molecular flexibility index (Phi) is 4.96. The zero-order valence-electron chi connectivity index (χ0n) is 15.9. The number of aromatic nitrogens is 1. The van der Waals surface area contributed by atoms with Crippen molar-refractivity contribution < 1.29 is 4.79 Å². The molecule has 1 aromatic heterocycles. The molecule has 0 radical (unpaired) electrons. The quantitative estimate of drug-likeness (QED) is 0.709. The summed E-state index contributed by atoms with van der Waals surface area (Å²) in [6, 6.07) is 11.2. The summed E-state index contributed by atoms with van der Waals surface area (Å²) in [5.41, 5.74) is 5.38. The molecule has 144 valence electrons. The van der Waals surface area contributed by atoms with Crippen LogP contribution in [0.4, 0.5) is 5.69 Å². The summed E-state index contributed by atoms with van der Waals surface area (Å²) in [7, 11) is 0. The van der Waals surface area contributed by atoms with E-state index in [0.29, 0.717) is 23.7 Å². The Bertz CT molecular complexity index is 1140. The van der Waals surface area contributed by atoms with Gasteiger partial charge in [0.1, 0.15) is 0 Å². The minimum atomic E-state index is -0.138. The fourth-order valence-corrected chi connectivity index (χ4v) is 4.01. The van der Waals surface area contributed by atoms with Gasteiger partial charge in [-0.3, -0.25) is 14.5 Å². The molecule has 0 atom stereocenters. The van der Waals surface area contributed by atoms with Crippen molar-refractivity contribution in [2.45, 2.75) is 26.8 Å². The number of pyridine rings is 1. The molecule has 2 heterocycles.